The number of morpholine rings is 1. The second-order valence-electron chi connectivity index (χ2n) is 12.8. The zero-order valence-corrected chi connectivity index (χ0v) is 28.0. The molecular weight excluding hydrogens is 630 g/mol. The Labute approximate surface area is 287 Å². The number of nitrogens with zero attached hydrogens (tertiary/aromatic N) is 2. The Morgan fingerprint density at radius 2 is 1.60 bits per heavy atom. The van der Waals surface area contributed by atoms with Crippen LogP contribution >= 0.6 is 11.6 Å². The van der Waals surface area contributed by atoms with Crippen LogP contribution in [0.4, 0.5) is 0 Å². The van der Waals surface area contributed by atoms with Crippen LogP contribution in [-0.4, -0.2) is 78.8 Å². The average Bonchev–Trinajstić information content (AvgIpc) is 3.09. The van der Waals surface area contributed by atoms with E-state index < -0.39 is 41.0 Å². The SMILES string of the molecule is CC1NC(OCCN2CCOCC2)C(CCC(c2ccccc2)c2ccccc2)(C(=O)O)C(c2cccc(Cl)c2)C1(CCC#N)C(=O)O. The smallest absolute Gasteiger partial charge is 0.314 e. The quantitative estimate of drug-likeness (QED) is 0.184. The van der Waals surface area contributed by atoms with Gasteiger partial charge in [-0.15, -0.1) is 0 Å². The van der Waals surface area contributed by atoms with E-state index >= 15 is 0 Å². The van der Waals surface area contributed by atoms with Crippen molar-refractivity contribution in [3.63, 3.8) is 0 Å². The van der Waals surface area contributed by atoms with E-state index in [-0.39, 0.29) is 31.8 Å². The third kappa shape index (κ3) is 7.29. The van der Waals surface area contributed by atoms with E-state index in [0.717, 1.165) is 24.2 Å². The van der Waals surface area contributed by atoms with E-state index in [1.54, 1.807) is 31.2 Å². The van der Waals surface area contributed by atoms with Crippen LogP contribution in [0.1, 0.15) is 61.1 Å². The van der Waals surface area contributed by atoms with Gasteiger partial charge in [0.1, 0.15) is 11.6 Å². The lowest BCUT2D eigenvalue weighted by atomic mass is 9.50. The fourth-order valence-corrected chi connectivity index (χ4v) is 8.12. The Morgan fingerprint density at radius 1 is 0.979 bits per heavy atom. The van der Waals surface area contributed by atoms with Crippen molar-refractivity contribution >= 4 is 23.5 Å². The first kappa shape index (κ1) is 35.5. The Bertz CT molecular complexity index is 1520. The number of hydrogen-bond donors (Lipinski definition) is 3. The molecule has 3 aromatic rings. The maximum absolute atomic E-state index is 14.2. The van der Waals surface area contributed by atoms with Gasteiger partial charge in [0, 0.05) is 49.0 Å². The molecule has 5 atom stereocenters. The van der Waals surface area contributed by atoms with Crippen molar-refractivity contribution in [3.8, 4) is 6.07 Å². The summed E-state index contributed by atoms with van der Waals surface area (Å²) in [6, 6.07) is 28.1. The summed E-state index contributed by atoms with van der Waals surface area (Å²) in [5.74, 6) is -3.59. The highest BCUT2D eigenvalue weighted by Crippen LogP contribution is 2.60. The third-order valence-electron chi connectivity index (χ3n) is 10.3. The molecule has 0 bridgehead atoms. The molecule has 2 aliphatic heterocycles. The van der Waals surface area contributed by atoms with Crippen LogP contribution in [0, 0.1) is 22.2 Å². The maximum Gasteiger partial charge on any atom is 0.314 e. The van der Waals surface area contributed by atoms with Crippen LogP contribution in [0.2, 0.25) is 5.02 Å². The van der Waals surface area contributed by atoms with Gasteiger partial charge in [0.05, 0.1) is 31.3 Å². The van der Waals surface area contributed by atoms with E-state index in [4.69, 9.17) is 21.1 Å². The maximum atomic E-state index is 14.2. The lowest BCUT2D eigenvalue weighted by Gasteiger charge is -2.57. The van der Waals surface area contributed by atoms with Gasteiger partial charge in [-0.25, -0.2) is 0 Å². The largest absolute Gasteiger partial charge is 0.481 e. The molecule has 5 unspecified atom stereocenters. The monoisotopic (exact) mass is 673 g/mol. The zero-order valence-electron chi connectivity index (χ0n) is 27.3. The molecule has 3 N–H and O–H groups in total. The highest BCUT2D eigenvalue weighted by atomic mass is 35.5. The fraction of sp³-hybridized carbons (Fsp3) is 0.447. The summed E-state index contributed by atoms with van der Waals surface area (Å²) in [5.41, 5.74) is -0.884. The number of halogens is 1. The molecule has 0 radical (unpaired) electrons. The van der Waals surface area contributed by atoms with Crippen LogP contribution in [0.3, 0.4) is 0 Å². The van der Waals surface area contributed by atoms with Gasteiger partial charge in [-0.05, 0) is 55.0 Å². The number of benzene rings is 3. The molecule has 0 amide bonds. The van der Waals surface area contributed by atoms with Gasteiger partial charge < -0.3 is 19.7 Å². The summed E-state index contributed by atoms with van der Waals surface area (Å²) < 4.78 is 12.1. The number of ether oxygens (including phenoxy) is 2. The third-order valence-corrected chi connectivity index (χ3v) is 10.6. The number of piperidine rings is 1. The molecule has 2 heterocycles. The number of carbonyl (C=O) groups is 2. The first-order chi connectivity index (χ1) is 23.2. The Morgan fingerprint density at radius 3 is 2.17 bits per heavy atom. The number of carboxylic acid groups (broad SMARTS) is 2. The van der Waals surface area contributed by atoms with Gasteiger partial charge in [-0.1, -0.05) is 84.4 Å². The fourth-order valence-electron chi connectivity index (χ4n) is 7.92. The van der Waals surface area contributed by atoms with E-state index in [1.165, 1.54) is 0 Å². The summed E-state index contributed by atoms with van der Waals surface area (Å²) in [5, 5.41) is 36.1. The van der Waals surface area contributed by atoms with Gasteiger partial charge in [-0.2, -0.15) is 5.26 Å². The standard InChI is InChI=1S/C38H44ClN3O6/c1-27-37(35(43)44,17-9-19-40)33(30-14-8-15-31(39)26-30)38(36(45)46,34(41-27)48-25-22-42-20-23-47-24-21-42)18-16-32(28-10-4-2-5-11-28)29-12-6-3-7-13-29/h2-8,10-15,26-27,32-34,41H,9,16-18,20-25H2,1H3,(H,43,44)(H,45,46). The van der Waals surface area contributed by atoms with Crippen LogP contribution < -0.4 is 5.32 Å². The van der Waals surface area contributed by atoms with E-state index in [0.29, 0.717) is 36.8 Å². The van der Waals surface area contributed by atoms with E-state index in [1.807, 2.05) is 60.7 Å². The molecule has 0 saturated carbocycles. The second-order valence-corrected chi connectivity index (χ2v) is 13.3. The molecular formula is C38H44ClN3O6. The van der Waals surface area contributed by atoms with E-state index in [2.05, 4.69) is 16.3 Å². The van der Waals surface area contributed by atoms with Crippen molar-refractivity contribution in [2.45, 2.75) is 56.7 Å². The Kier molecular flexibility index (Phi) is 11.9. The summed E-state index contributed by atoms with van der Waals surface area (Å²) in [6.07, 6.45) is -0.690. The number of nitrogens with one attached hydrogen (secondary N) is 1. The van der Waals surface area contributed by atoms with Gasteiger partial charge in [0.2, 0.25) is 0 Å². The molecule has 0 aliphatic carbocycles. The summed E-state index contributed by atoms with van der Waals surface area (Å²) in [7, 11) is 0. The highest BCUT2D eigenvalue weighted by molar-refractivity contribution is 6.30. The van der Waals surface area contributed by atoms with Crippen LogP contribution in [-0.2, 0) is 19.1 Å². The Hall–Kier alpha value is -3.78. The molecule has 0 aromatic heterocycles. The van der Waals surface area contributed by atoms with Crippen LogP contribution in [0.5, 0.6) is 0 Å². The molecule has 5 rings (SSSR count). The molecule has 10 heteroatoms. The molecule has 0 spiro atoms. The van der Waals surface area contributed by atoms with Crippen LogP contribution in [0.25, 0.3) is 0 Å². The lowest BCUT2D eigenvalue weighted by molar-refractivity contribution is -0.198. The van der Waals surface area contributed by atoms with Crippen molar-refractivity contribution < 1.29 is 29.3 Å². The normalized spacial score (nSPS) is 26.2. The molecule has 2 fully saturated rings. The number of hydrogen-bond acceptors (Lipinski definition) is 7. The molecule has 2 aliphatic rings. The highest BCUT2D eigenvalue weighted by Gasteiger charge is 2.68. The summed E-state index contributed by atoms with van der Waals surface area (Å²) in [4.78, 5) is 30.0. The van der Waals surface area contributed by atoms with Crippen LogP contribution in [0.15, 0.2) is 84.9 Å². The number of aliphatic carboxylic acids is 2. The molecule has 48 heavy (non-hydrogen) atoms. The average molecular weight is 674 g/mol. The minimum atomic E-state index is -1.77. The van der Waals surface area contributed by atoms with Crippen molar-refractivity contribution in [2.75, 3.05) is 39.5 Å². The summed E-state index contributed by atoms with van der Waals surface area (Å²) >= 11 is 6.53. The van der Waals surface area contributed by atoms with Gasteiger partial charge >= 0.3 is 11.9 Å². The number of rotatable bonds is 14. The Balaban J connectivity index is 1.66. The number of nitriles is 1. The molecule has 3 aromatic carbocycles. The second kappa shape index (κ2) is 16.1. The van der Waals surface area contributed by atoms with Crippen molar-refractivity contribution in [1.82, 2.24) is 10.2 Å². The van der Waals surface area contributed by atoms with Gasteiger partial charge in [-0.3, -0.25) is 19.8 Å². The molecule has 9 nitrogen and oxygen atoms in total. The first-order valence-electron chi connectivity index (χ1n) is 16.6. The molecule has 254 valence electrons. The zero-order chi connectivity index (χ0) is 34.1. The van der Waals surface area contributed by atoms with Crippen molar-refractivity contribution in [3.05, 3.63) is 107 Å². The van der Waals surface area contributed by atoms with Gasteiger partial charge in [0.15, 0.2) is 0 Å². The van der Waals surface area contributed by atoms with E-state index in [9.17, 15) is 25.1 Å². The van der Waals surface area contributed by atoms with Gasteiger partial charge in [0.25, 0.3) is 0 Å². The van der Waals surface area contributed by atoms with Crippen molar-refractivity contribution in [2.24, 2.45) is 10.8 Å². The number of carboxylic acids is 2. The minimum Gasteiger partial charge on any atom is -0.481 e. The van der Waals surface area contributed by atoms with Crippen molar-refractivity contribution in [1.29, 1.82) is 5.26 Å². The minimum absolute atomic E-state index is 0.0551. The first-order valence-corrected chi connectivity index (χ1v) is 17.0. The molecule has 2 saturated heterocycles. The lowest BCUT2D eigenvalue weighted by Crippen LogP contribution is -2.71. The topological polar surface area (TPSA) is 132 Å². The predicted octanol–water partition coefficient (Wildman–Crippen LogP) is 6.15. The summed E-state index contributed by atoms with van der Waals surface area (Å²) in [6.45, 7) is 5.30. The predicted molar refractivity (Wildman–Crippen MR) is 183 cm³/mol.